The minimum atomic E-state index is -0.574. The molecule has 1 amide bonds. The van der Waals surface area contributed by atoms with E-state index in [9.17, 15) is 9.59 Å². The third kappa shape index (κ3) is 6.60. The second-order valence-corrected chi connectivity index (χ2v) is 6.51. The summed E-state index contributed by atoms with van der Waals surface area (Å²) in [6, 6.07) is -0.574. The summed E-state index contributed by atoms with van der Waals surface area (Å²) in [7, 11) is 0. The van der Waals surface area contributed by atoms with Gasteiger partial charge >= 0.3 is 5.97 Å². The zero-order valence-electron chi connectivity index (χ0n) is 12.6. The number of rotatable bonds is 5. The number of amides is 1. The van der Waals surface area contributed by atoms with E-state index in [-0.39, 0.29) is 11.9 Å². The molecule has 1 atom stereocenters. The Labute approximate surface area is 116 Å². The standard InChI is InChI=1S/C15H27NO3/c1-11(14(18)19-15(2,3)4)16-13(17)10-9-12-7-5-6-8-12/h11-12H,5-10H2,1-4H3,(H,16,17)/t11-/m0/s1. The van der Waals surface area contributed by atoms with Gasteiger partial charge in [0.15, 0.2) is 0 Å². The van der Waals surface area contributed by atoms with Gasteiger partial charge in [-0.05, 0) is 40.0 Å². The van der Waals surface area contributed by atoms with Gasteiger partial charge in [-0.15, -0.1) is 0 Å². The number of nitrogens with one attached hydrogen (secondary N) is 1. The molecule has 19 heavy (non-hydrogen) atoms. The SMILES string of the molecule is C[C@H](NC(=O)CCC1CCCC1)C(=O)OC(C)(C)C. The normalized spacial score (nSPS) is 18.1. The molecule has 0 spiro atoms. The number of ether oxygens (including phenoxy) is 1. The molecule has 4 nitrogen and oxygen atoms in total. The molecule has 0 saturated heterocycles. The second kappa shape index (κ2) is 6.92. The Morgan fingerprint density at radius 3 is 2.37 bits per heavy atom. The quantitative estimate of drug-likeness (QED) is 0.781. The van der Waals surface area contributed by atoms with Crippen molar-refractivity contribution in [2.24, 2.45) is 5.92 Å². The van der Waals surface area contributed by atoms with Gasteiger partial charge in [0.2, 0.25) is 5.91 Å². The van der Waals surface area contributed by atoms with Crippen molar-refractivity contribution in [1.29, 1.82) is 0 Å². The predicted molar refractivity (Wildman–Crippen MR) is 74.6 cm³/mol. The fraction of sp³-hybridized carbons (Fsp3) is 0.867. The van der Waals surface area contributed by atoms with Gasteiger partial charge in [0, 0.05) is 6.42 Å². The summed E-state index contributed by atoms with van der Waals surface area (Å²) < 4.78 is 5.22. The number of carbonyl (C=O) groups is 2. The smallest absolute Gasteiger partial charge is 0.328 e. The Bertz CT molecular complexity index is 314. The first kappa shape index (κ1) is 16.0. The fourth-order valence-electron chi connectivity index (χ4n) is 2.40. The summed E-state index contributed by atoms with van der Waals surface area (Å²) in [6.07, 6.45) is 6.52. The molecular weight excluding hydrogens is 242 g/mol. The van der Waals surface area contributed by atoms with Crippen LogP contribution in [0.25, 0.3) is 0 Å². The van der Waals surface area contributed by atoms with Crippen LogP contribution in [0, 0.1) is 5.92 Å². The minimum Gasteiger partial charge on any atom is -0.458 e. The Morgan fingerprint density at radius 2 is 1.84 bits per heavy atom. The lowest BCUT2D eigenvalue weighted by molar-refractivity contribution is -0.158. The molecule has 0 aromatic heterocycles. The van der Waals surface area contributed by atoms with Gasteiger partial charge in [0.05, 0.1) is 0 Å². The highest BCUT2D eigenvalue weighted by molar-refractivity contribution is 5.84. The number of hydrogen-bond donors (Lipinski definition) is 1. The molecule has 0 unspecified atom stereocenters. The molecule has 1 fully saturated rings. The largest absolute Gasteiger partial charge is 0.458 e. The van der Waals surface area contributed by atoms with Crippen LogP contribution in [0.2, 0.25) is 0 Å². The maximum atomic E-state index is 11.8. The Kier molecular flexibility index (Phi) is 5.83. The highest BCUT2D eigenvalue weighted by Crippen LogP contribution is 2.28. The van der Waals surface area contributed by atoms with E-state index >= 15 is 0 Å². The van der Waals surface area contributed by atoms with Crippen LogP contribution >= 0.6 is 0 Å². The maximum Gasteiger partial charge on any atom is 0.328 e. The second-order valence-electron chi connectivity index (χ2n) is 6.51. The van der Waals surface area contributed by atoms with E-state index in [0.717, 1.165) is 6.42 Å². The lowest BCUT2D eigenvalue weighted by Gasteiger charge is -2.22. The molecule has 0 aliphatic heterocycles. The summed E-state index contributed by atoms with van der Waals surface area (Å²) in [5, 5.41) is 2.71. The van der Waals surface area contributed by atoms with Crippen LogP contribution in [-0.2, 0) is 14.3 Å². The fourth-order valence-corrected chi connectivity index (χ4v) is 2.40. The molecule has 0 aromatic carbocycles. The summed E-state index contributed by atoms with van der Waals surface area (Å²) in [4.78, 5) is 23.5. The van der Waals surface area contributed by atoms with Crippen molar-refractivity contribution in [3.8, 4) is 0 Å². The average molecular weight is 269 g/mol. The third-order valence-corrected chi connectivity index (χ3v) is 3.39. The van der Waals surface area contributed by atoms with Gasteiger partial charge in [-0.1, -0.05) is 25.7 Å². The molecule has 0 bridgehead atoms. The minimum absolute atomic E-state index is 0.0507. The monoisotopic (exact) mass is 269 g/mol. The predicted octanol–water partition coefficient (Wildman–Crippen LogP) is 2.80. The Morgan fingerprint density at radius 1 is 1.26 bits per heavy atom. The molecule has 1 aliphatic rings. The molecule has 1 rings (SSSR count). The van der Waals surface area contributed by atoms with Crippen LogP contribution in [0.1, 0.15) is 66.2 Å². The zero-order chi connectivity index (χ0) is 14.5. The summed E-state index contributed by atoms with van der Waals surface area (Å²) in [6.45, 7) is 7.13. The number of hydrogen-bond acceptors (Lipinski definition) is 3. The van der Waals surface area contributed by atoms with Crippen molar-refractivity contribution in [3.05, 3.63) is 0 Å². The molecule has 0 aromatic rings. The highest BCUT2D eigenvalue weighted by Gasteiger charge is 2.23. The highest BCUT2D eigenvalue weighted by atomic mass is 16.6. The molecule has 4 heteroatoms. The number of carbonyl (C=O) groups excluding carboxylic acids is 2. The van der Waals surface area contributed by atoms with Crippen molar-refractivity contribution < 1.29 is 14.3 Å². The lowest BCUT2D eigenvalue weighted by atomic mass is 10.0. The van der Waals surface area contributed by atoms with E-state index < -0.39 is 11.6 Å². The van der Waals surface area contributed by atoms with Gasteiger partial charge in [0.25, 0.3) is 0 Å². The molecule has 0 radical (unpaired) electrons. The first-order valence-electron chi connectivity index (χ1n) is 7.30. The van der Waals surface area contributed by atoms with E-state index in [2.05, 4.69) is 5.32 Å². The van der Waals surface area contributed by atoms with E-state index in [1.165, 1.54) is 25.7 Å². The van der Waals surface area contributed by atoms with E-state index in [1.807, 2.05) is 20.8 Å². The van der Waals surface area contributed by atoms with E-state index in [0.29, 0.717) is 12.3 Å². The molecular formula is C15H27NO3. The van der Waals surface area contributed by atoms with Gasteiger partial charge in [0.1, 0.15) is 11.6 Å². The first-order valence-corrected chi connectivity index (χ1v) is 7.30. The molecule has 110 valence electrons. The summed E-state index contributed by atoms with van der Waals surface area (Å²) in [5.41, 5.74) is -0.514. The first-order chi connectivity index (χ1) is 8.78. The van der Waals surface area contributed by atoms with E-state index in [1.54, 1.807) is 6.92 Å². The van der Waals surface area contributed by atoms with Crippen LogP contribution in [0.15, 0.2) is 0 Å². The molecule has 1 saturated carbocycles. The van der Waals surface area contributed by atoms with Crippen LogP contribution in [-0.4, -0.2) is 23.5 Å². The van der Waals surface area contributed by atoms with Crippen LogP contribution in [0.4, 0.5) is 0 Å². The van der Waals surface area contributed by atoms with Crippen molar-refractivity contribution in [2.75, 3.05) is 0 Å². The van der Waals surface area contributed by atoms with Crippen LogP contribution < -0.4 is 5.32 Å². The van der Waals surface area contributed by atoms with Gasteiger partial charge in [-0.3, -0.25) is 4.79 Å². The van der Waals surface area contributed by atoms with Crippen molar-refractivity contribution in [2.45, 2.75) is 77.9 Å². The van der Waals surface area contributed by atoms with Gasteiger partial charge in [-0.2, -0.15) is 0 Å². The van der Waals surface area contributed by atoms with Crippen molar-refractivity contribution in [3.63, 3.8) is 0 Å². The third-order valence-electron chi connectivity index (χ3n) is 3.39. The van der Waals surface area contributed by atoms with Crippen molar-refractivity contribution >= 4 is 11.9 Å². The zero-order valence-corrected chi connectivity index (χ0v) is 12.6. The molecule has 1 aliphatic carbocycles. The lowest BCUT2D eigenvalue weighted by Crippen LogP contribution is -2.42. The van der Waals surface area contributed by atoms with Crippen LogP contribution in [0.3, 0.4) is 0 Å². The molecule has 1 N–H and O–H groups in total. The number of esters is 1. The Hall–Kier alpha value is -1.06. The van der Waals surface area contributed by atoms with E-state index in [4.69, 9.17) is 4.74 Å². The maximum absolute atomic E-state index is 11.8. The average Bonchev–Trinajstić information content (AvgIpc) is 2.76. The van der Waals surface area contributed by atoms with Crippen molar-refractivity contribution in [1.82, 2.24) is 5.32 Å². The van der Waals surface area contributed by atoms with Gasteiger partial charge in [-0.25, -0.2) is 4.79 Å². The summed E-state index contributed by atoms with van der Waals surface area (Å²) >= 11 is 0. The van der Waals surface area contributed by atoms with Crippen LogP contribution in [0.5, 0.6) is 0 Å². The topological polar surface area (TPSA) is 55.4 Å². The van der Waals surface area contributed by atoms with Gasteiger partial charge < -0.3 is 10.1 Å². The summed E-state index contributed by atoms with van der Waals surface area (Å²) in [5.74, 6) is 0.273. The molecule has 0 heterocycles. The Balaban J connectivity index is 2.24.